The van der Waals surface area contributed by atoms with E-state index in [2.05, 4.69) is 13.8 Å². The summed E-state index contributed by atoms with van der Waals surface area (Å²) in [6.45, 7) is 4.64. The highest BCUT2D eigenvalue weighted by Gasteiger charge is 2.25. The van der Waals surface area contributed by atoms with Crippen molar-refractivity contribution in [1.82, 2.24) is 0 Å². The number of ketones is 1. The summed E-state index contributed by atoms with van der Waals surface area (Å²) in [5.74, 6) is 3.46. The maximum atomic E-state index is 12.3. The summed E-state index contributed by atoms with van der Waals surface area (Å²) < 4.78 is 0. The second-order valence-corrected chi connectivity index (χ2v) is 7.70. The maximum absolute atomic E-state index is 12.3. The van der Waals surface area contributed by atoms with Crippen molar-refractivity contribution in [2.45, 2.75) is 90.9 Å². The van der Waals surface area contributed by atoms with Crippen LogP contribution in [0.3, 0.4) is 0 Å². The average Bonchev–Trinajstić information content (AvgIpc) is 2.49. The van der Waals surface area contributed by atoms with Crippen LogP contribution in [-0.2, 0) is 4.79 Å². The Hall–Kier alpha value is -0.330. The monoisotopic (exact) mass is 278 g/mol. The van der Waals surface area contributed by atoms with Gasteiger partial charge in [0.25, 0.3) is 0 Å². The highest BCUT2D eigenvalue weighted by atomic mass is 16.1. The molecule has 0 radical (unpaired) electrons. The number of hydrogen-bond acceptors (Lipinski definition) is 1. The van der Waals surface area contributed by atoms with Gasteiger partial charge in [-0.25, -0.2) is 0 Å². The van der Waals surface area contributed by atoms with Crippen molar-refractivity contribution in [2.75, 3.05) is 0 Å². The van der Waals surface area contributed by atoms with Gasteiger partial charge in [0.1, 0.15) is 5.78 Å². The van der Waals surface area contributed by atoms with Crippen LogP contribution in [0.4, 0.5) is 0 Å². The molecule has 20 heavy (non-hydrogen) atoms. The van der Waals surface area contributed by atoms with Gasteiger partial charge < -0.3 is 0 Å². The molecular weight excluding hydrogens is 244 g/mol. The first kappa shape index (κ1) is 16.0. The van der Waals surface area contributed by atoms with Gasteiger partial charge in [-0.1, -0.05) is 78.1 Å². The van der Waals surface area contributed by atoms with E-state index >= 15 is 0 Å². The van der Waals surface area contributed by atoms with Crippen LogP contribution >= 0.6 is 0 Å². The normalized spacial score (nSPS) is 25.3. The van der Waals surface area contributed by atoms with Gasteiger partial charge >= 0.3 is 0 Å². The first-order valence-electron chi connectivity index (χ1n) is 9.18. The Labute approximate surface area is 125 Å². The van der Waals surface area contributed by atoms with E-state index in [0.29, 0.717) is 17.6 Å². The van der Waals surface area contributed by atoms with Crippen LogP contribution in [0.5, 0.6) is 0 Å². The molecule has 116 valence electrons. The van der Waals surface area contributed by atoms with E-state index in [1.165, 1.54) is 64.2 Å². The zero-order valence-electron chi connectivity index (χ0n) is 13.7. The molecule has 2 fully saturated rings. The fourth-order valence-electron chi connectivity index (χ4n) is 4.54. The van der Waals surface area contributed by atoms with Gasteiger partial charge in [0, 0.05) is 12.8 Å². The zero-order valence-corrected chi connectivity index (χ0v) is 13.7. The van der Waals surface area contributed by atoms with Crippen molar-refractivity contribution in [1.29, 1.82) is 0 Å². The van der Waals surface area contributed by atoms with Crippen LogP contribution < -0.4 is 0 Å². The highest BCUT2D eigenvalue weighted by Crippen LogP contribution is 2.34. The molecular formula is C19H34O. The van der Waals surface area contributed by atoms with E-state index in [1.807, 2.05) is 0 Å². The molecule has 1 heteroatoms. The van der Waals surface area contributed by atoms with Gasteiger partial charge in [0.2, 0.25) is 0 Å². The molecule has 0 bridgehead atoms. The molecule has 0 N–H and O–H groups in total. The minimum atomic E-state index is 0.543. The Bertz CT molecular complexity index is 256. The maximum Gasteiger partial charge on any atom is 0.133 e. The number of Topliss-reactive ketones (excluding diaryl/α,β-unsaturated/α-hetero) is 1. The van der Waals surface area contributed by atoms with Crippen molar-refractivity contribution in [2.24, 2.45) is 23.7 Å². The molecule has 0 aliphatic heterocycles. The third-order valence-corrected chi connectivity index (χ3v) is 6.01. The van der Waals surface area contributed by atoms with E-state index in [4.69, 9.17) is 0 Å². The van der Waals surface area contributed by atoms with Gasteiger partial charge in [0.05, 0.1) is 0 Å². The van der Waals surface area contributed by atoms with Gasteiger partial charge in [-0.15, -0.1) is 0 Å². The van der Waals surface area contributed by atoms with Gasteiger partial charge in [-0.3, -0.25) is 4.79 Å². The van der Waals surface area contributed by atoms with Crippen molar-refractivity contribution in [3.05, 3.63) is 0 Å². The predicted octanol–water partition coefficient (Wildman–Crippen LogP) is 5.77. The summed E-state index contributed by atoms with van der Waals surface area (Å²) in [5, 5.41) is 0. The lowest BCUT2D eigenvalue weighted by atomic mass is 9.76. The summed E-state index contributed by atoms with van der Waals surface area (Å²) in [4.78, 5) is 12.3. The Balaban J connectivity index is 1.70. The average molecular weight is 278 g/mol. The Morgan fingerprint density at radius 1 is 0.750 bits per heavy atom. The summed E-state index contributed by atoms with van der Waals surface area (Å²) >= 11 is 0. The highest BCUT2D eigenvalue weighted by molar-refractivity contribution is 5.78. The fourth-order valence-corrected chi connectivity index (χ4v) is 4.54. The molecule has 0 amide bonds. The van der Waals surface area contributed by atoms with Crippen molar-refractivity contribution >= 4 is 5.78 Å². The lowest BCUT2D eigenvalue weighted by Gasteiger charge is -2.29. The van der Waals surface area contributed by atoms with Crippen molar-refractivity contribution < 1.29 is 4.79 Å². The van der Waals surface area contributed by atoms with Crippen LogP contribution in [-0.4, -0.2) is 5.78 Å². The number of rotatable bonds is 6. The van der Waals surface area contributed by atoms with Crippen molar-refractivity contribution in [3.63, 3.8) is 0 Å². The number of hydrogen-bond donors (Lipinski definition) is 0. The first-order valence-corrected chi connectivity index (χ1v) is 9.18. The standard InChI is InChI=1S/C19H34O/c1-15(17-9-5-3-6-10-17)13-19(20)14-16(2)18-11-7-4-8-12-18/h15-18H,3-14H2,1-2H3. The summed E-state index contributed by atoms with van der Waals surface area (Å²) in [5.41, 5.74) is 0. The molecule has 0 aromatic heterocycles. The minimum Gasteiger partial charge on any atom is -0.300 e. The molecule has 2 rings (SSSR count). The van der Waals surface area contributed by atoms with Crippen LogP contribution in [0.2, 0.25) is 0 Å². The fraction of sp³-hybridized carbons (Fsp3) is 0.947. The SMILES string of the molecule is CC(CC(=O)CC(C)C1CCCCC1)C1CCCCC1. The van der Waals surface area contributed by atoms with Crippen LogP contribution in [0.15, 0.2) is 0 Å². The zero-order chi connectivity index (χ0) is 14.4. The number of carbonyl (C=O) groups excluding carboxylic acids is 1. The van der Waals surface area contributed by atoms with Gasteiger partial charge in [0.15, 0.2) is 0 Å². The summed E-state index contributed by atoms with van der Waals surface area (Å²) in [6.07, 6.45) is 15.6. The molecule has 2 unspecified atom stereocenters. The molecule has 0 aromatic rings. The van der Waals surface area contributed by atoms with Crippen molar-refractivity contribution in [3.8, 4) is 0 Å². The first-order chi connectivity index (χ1) is 9.66. The van der Waals surface area contributed by atoms with Crippen LogP contribution in [0.25, 0.3) is 0 Å². The van der Waals surface area contributed by atoms with E-state index < -0.39 is 0 Å². The molecule has 2 aliphatic rings. The predicted molar refractivity (Wildman–Crippen MR) is 85.7 cm³/mol. The van der Waals surface area contributed by atoms with Crippen LogP contribution in [0.1, 0.15) is 90.9 Å². The minimum absolute atomic E-state index is 0.543. The largest absolute Gasteiger partial charge is 0.300 e. The molecule has 1 nitrogen and oxygen atoms in total. The van der Waals surface area contributed by atoms with E-state index in [-0.39, 0.29) is 0 Å². The van der Waals surface area contributed by atoms with Gasteiger partial charge in [-0.2, -0.15) is 0 Å². The van der Waals surface area contributed by atoms with E-state index in [9.17, 15) is 4.79 Å². The van der Waals surface area contributed by atoms with E-state index in [1.54, 1.807) is 0 Å². The molecule has 2 atom stereocenters. The smallest absolute Gasteiger partial charge is 0.133 e. The lowest BCUT2D eigenvalue weighted by Crippen LogP contribution is -2.22. The second kappa shape index (κ2) is 8.20. The summed E-state index contributed by atoms with van der Waals surface area (Å²) in [7, 11) is 0. The number of carbonyl (C=O) groups is 1. The molecule has 0 aromatic carbocycles. The third kappa shape index (κ3) is 4.90. The summed E-state index contributed by atoms with van der Waals surface area (Å²) in [6, 6.07) is 0. The Morgan fingerprint density at radius 2 is 1.10 bits per heavy atom. The molecule has 0 spiro atoms. The molecule has 0 heterocycles. The molecule has 2 saturated carbocycles. The Morgan fingerprint density at radius 3 is 1.45 bits per heavy atom. The van der Waals surface area contributed by atoms with E-state index in [0.717, 1.165) is 24.7 Å². The molecule has 0 saturated heterocycles. The second-order valence-electron chi connectivity index (χ2n) is 7.70. The van der Waals surface area contributed by atoms with Gasteiger partial charge in [-0.05, 0) is 23.7 Å². The Kier molecular flexibility index (Phi) is 6.58. The third-order valence-electron chi connectivity index (χ3n) is 6.01. The van der Waals surface area contributed by atoms with Crippen LogP contribution in [0, 0.1) is 23.7 Å². The quantitative estimate of drug-likeness (QED) is 0.603. The topological polar surface area (TPSA) is 17.1 Å². The lowest BCUT2D eigenvalue weighted by molar-refractivity contribution is -0.121. The molecule has 2 aliphatic carbocycles.